The van der Waals surface area contributed by atoms with Crippen LogP contribution in [0.3, 0.4) is 0 Å². The zero-order chi connectivity index (χ0) is 13.0. The fourth-order valence-electron chi connectivity index (χ4n) is 1.93. The van der Waals surface area contributed by atoms with Crippen LogP contribution >= 0.6 is 11.6 Å². The van der Waals surface area contributed by atoms with Gasteiger partial charge in [0, 0.05) is 6.04 Å². The maximum atomic E-state index is 10.3. The molecule has 1 aromatic carbocycles. The largest absolute Gasteiger partial charge is 0.495 e. The van der Waals surface area contributed by atoms with Crippen LogP contribution in [-0.4, -0.2) is 25.3 Å². The lowest BCUT2D eigenvalue weighted by atomic mass is 9.93. The van der Waals surface area contributed by atoms with Gasteiger partial charge in [0.1, 0.15) is 5.75 Å². The molecule has 0 aliphatic heterocycles. The summed E-state index contributed by atoms with van der Waals surface area (Å²) in [4.78, 5) is 0. The lowest BCUT2D eigenvalue weighted by molar-refractivity contribution is 0.110. The normalized spacial score (nSPS) is 14.8. The minimum Gasteiger partial charge on any atom is -0.495 e. The Balaban J connectivity index is 2.95. The van der Waals surface area contributed by atoms with E-state index in [1.54, 1.807) is 19.2 Å². The topological polar surface area (TPSA) is 41.5 Å². The van der Waals surface area contributed by atoms with E-state index in [1.807, 2.05) is 13.1 Å². The third-order valence-corrected chi connectivity index (χ3v) is 3.20. The highest BCUT2D eigenvalue weighted by Crippen LogP contribution is 2.29. The monoisotopic (exact) mass is 257 g/mol. The Morgan fingerprint density at radius 3 is 2.41 bits per heavy atom. The van der Waals surface area contributed by atoms with Crippen LogP contribution in [0.2, 0.25) is 5.02 Å². The first-order valence-electron chi connectivity index (χ1n) is 5.70. The molecule has 17 heavy (non-hydrogen) atoms. The van der Waals surface area contributed by atoms with Gasteiger partial charge in [-0.15, -0.1) is 0 Å². The summed E-state index contributed by atoms with van der Waals surface area (Å²) < 4.78 is 5.08. The molecule has 0 fully saturated rings. The van der Waals surface area contributed by atoms with Gasteiger partial charge < -0.3 is 15.2 Å². The Hall–Kier alpha value is -0.770. The quantitative estimate of drug-likeness (QED) is 0.852. The van der Waals surface area contributed by atoms with Crippen molar-refractivity contribution in [2.24, 2.45) is 5.92 Å². The van der Waals surface area contributed by atoms with Gasteiger partial charge in [-0.1, -0.05) is 31.5 Å². The molecular weight excluding hydrogens is 238 g/mol. The van der Waals surface area contributed by atoms with E-state index in [1.165, 1.54) is 0 Å². The van der Waals surface area contributed by atoms with E-state index < -0.39 is 6.10 Å². The maximum Gasteiger partial charge on any atom is 0.137 e. The molecule has 0 saturated heterocycles. The van der Waals surface area contributed by atoms with Gasteiger partial charge in [0.05, 0.1) is 18.2 Å². The van der Waals surface area contributed by atoms with Crippen LogP contribution in [0.5, 0.6) is 5.75 Å². The molecule has 1 rings (SSSR count). The summed E-state index contributed by atoms with van der Waals surface area (Å²) in [7, 11) is 3.42. The summed E-state index contributed by atoms with van der Waals surface area (Å²) in [5.74, 6) is 0.948. The van der Waals surface area contributed by atoms with E-state index in [0.717, 1.165) is 5.56 Å². The van der Waals surface area contributed by atoms with Gasteiger partial charge >= 0.3 is 0 Å². The molecule has 0 saturated carbocycles. The molecule has 0 spiro atoms. The Morgan fingerprint density at radius 1 is 1.35 bits per heavy atom. The van der Waals surface area contributed by atoms with Gasteiger partial charge in [0.15, 0.2) is 0 Å². The summed E-state index contributed by atoms with van der Waals surface area (Å²) >= 11 is 6.04. The van der Waals surface area contributed by atoms with Crippen molar-refractivity contribution in [3.63, 3.8) is 0 Å². The van der Waals surface area contributed by atoms with Crippen molar-refractivity contribution in [3.05, 3.63) is 28.8 Å². The van der Waals surface area contributed by atoms with Crippen molar-refractivity contribution in [2.45, 2.75) is 26.0 Å². The second-order valence-electron chi connectivity index (χ2n) is 4.40. The lowest BCUT2D eigenvalue weighted by Gasteiger charge is -2.26. The van der Waals surface area contributed by atoms with Crippen LogP contribution in [0.25, 0.3) is 0 Å². The zero-order valence-corrected chi connectivity index (χ0v) is 11.5. The van der Waals surface area contributed by atoms with Gasteiger partial charge in [-0.3, -0.25) is 0 Å². The fraction of sp³-hybridized carbons (Fsp3) is 0.538. The molecule has 1 aromatic rings. The first kappa shape index (κ1) is 14.3. The summed E-state index contributed by atoms with van der Waals surface area (Å²) in [6.07, 6.45) is -0.580. The molecule has 0 amide bonds. The summed E-state index contributed by atoms with van der Waals surface area (Å²) in [6.45, 7) is 4.13. The van der Waals surface area contributed by atoms with E-state index >= 15 is 0 Å². The molecule has 4 heteroatoms. The molecule has 2 unspecified atom stereocenters. The van der Waals surface area contributed by atoms with Crippen LogP contribution in [0, 0.1) is 5.92 Å². The minimum absolute atomic E-state index is 0.000499. The highest BCUT2D eigenvalue weighted by Gasteiger charge is 2.22. The molecule has 0 aliphatic rings. The second kappa shape index (κ2) is 6.24. The van der Waals surface area contributed by atoms with Crippen LogP contribution in [0.15, 0.2) is 18.2 Å². The van der Waals surface area contributed by atoms with Crippen LogP contribution in [0.1, 0.15) is 25.5 Å². The minimum atomic E-state index is -0.580. The van der Waals surface area contributed by atoms with Gasteiger partial charge in [-0.05, 0) is 30.7 Å². The average molecular weight is 258 g/mol. The SMILES string of the molecule is CNC(C(C)C)C(O)c1ccc(OC)c(Cl)c1. The van der Waals surface area contributed by atoms with Crippen molar-refractivity contribution in [1.82, 2.24) is 5.32 Å². The van der Waals surface area contributed by atoms with Crippen molar-refractivity contribution in [1.29, 1.82) is 0 Å². The number of aliphatic hydroxyl groups excluding tert-OH is 1. The molecular formula is C13H20ClNO2. The van der Waals surface area contributed by atoms with E-state index in [2.05, 4.69) is 19.2 Å². The predicted octanol–water partition coefficient (Wildman–Crippen LogP) is 2.63. The Kier molecular flexibility index (Phi) is 5.25. The summed E-state index contributed by atoms with van der Waals surface area (Å²) in [5.41, 5.74) is 0.795. The van der Waals surface area contributed by atoms with Crippen molar-refractivity contribution in [3.8, 4) is 5.75 Å². The average Bonchev–Trinajstić information content (AvgIpc) is 2.29. The maximum absolute atomic E-state index is 10.3. The molecule has 2 N–H and O–H groups in total. The first-order chi connectivity index (χ1) is 8.01. The standard InChI is InChI=1S/C13H20ClNO2/c1-8(2)12(15-3)13(16)9-5-6-11(17-4)10(14)7-9/h5-8,12-13,15-16H,1-4H3. The molecule has 0 radical (unpaired) electrons. The lowest BCUT2D eigenvalue weighted by Crippen LogP contribution is -2.36. The molecule has 96 valence electrons. The van der Waals surface area contributed by atoms with Gasteiger partial charge in [0.25, 0.3) is 0 Å². The summed E-state index contributed by atoms with van der Waals surface area (Å²) in [6, 6.07) is 5.35. The third-order valence-electron chi connectivity index (χ3n) is 2.91. The fourth-order valence-corrected chi connectivity index (χ4v) is 2.20. The second-order valence-corrected chi connectivity index (χ2v) is 4.80. The highest BCUT2D eigenvalue weighted by atomic mass is 35.5. The molecule has 2 atom stereocenters. The molecule has 0 heterocycles. The molecule has 0 aliphatic carbocycles. The van der Waals surface area contributed by atoms with Gasteiger partial charge in [-0.25, -0.2) is 0 Å². The summed E-state index contributed by atoms with van der Waals surface area (Å²) in [5, 5.41) is 13.9. The van der Waals surface area contributed by atoms with E-state index in [9.17, 15) is 5.11 Å². The number of likely N-dealkylation sites (N-methyl/N-ethyl adjacent to an activating group) is 1. The van der Waals surface area contributed by atoms with Gasteiger partial charge in [-0.2, -0.15) is 0 Å². The first-order valence-corrected chi connectivity index (χ1v) is 6.07. The number of halogens is 1. The van der Waals surface area contributed by atoms with Crippen LogP contribution < -0.4 is 10.1 Å². The van der Waals surface area contributed by atoms with Crippen LogP contribution in [0.4, 0.5) is 0 Å². The number of nitrogens with one attached hydrogen (secondary N) is 1. The third kappa shape index (κ3) is 3.35. The van der Waals surface area contributed by atoms with Crippen molar-refractivity contribution in [2.75, 3.05) is 14.2 Å². The predicted molar refractivity (Wildman–Crippen MR) is 70.6 cm³/mol. The van der Waals surface area contributed by atoms with Crippen molar-refractivity contribution < 1.29 is 9.84 Å². The highest BCUT2D eigenvalue weighted by molar-refractivity contribution is 6.32. The van der Waals surface area contributed by atoms with Crippen molar-refractivity contribution >= 4 is 11.6 Å². The Bertz CT molecular complexity index is 368. The van der Waals surface area contributed by atoms with Crippen LogP contribution in [-0.2, 0) is 0 Å². The van der Waals surface area contributed by atoms with E-state index in [0.29, 0.717) is 16.7 Å². The van der Waals surface area contributed by atoms with E-state index in [-0.39, 0.29) is 6.04 Å². The zero-order valence-electron chi connectivity index (χ0n) is 10.7. The number of hydrogen-bond acceptors (Lipinski definition) is 3. The Labute approximate surface area is 108 Å². The van der Waals surface area contributed by atoms with E-state index in [4.69, 9.17) is 16.3 Å². The Morgan fingerprint density at radius 2 is 2.00 bits per heavy atom. The number of benzene rings is 1. The smallest absolute Gasteiger partial charge is 0.137 e. The molecule has 3 nitrogen and oxygen atoms in total. The molecule has 0 aromatic heterocycles. The number of methoxy groups -OCH3 is 1. The molecule has 0 bridgehead atoms. The number of rotatable bonds is 5. The number of aliphatic hydroxyl groups is 1. The number of hydrogen-bond donors (Lipinski definition) is 2. The number of ether oxygens (including phenoxy) is 1. The van der Waals surface area contributed by atoms with Gasteiger partial charge in [0.2, 0.25) is 0 Å².